The summed E-state index contributed by atoms with van der Waals surface area (Å²) in [4.78, 5) is 17.0. The number of piperazine rings is 1. The summed E-state index contributed by atoms with van der Waals surface area (Å²) >= 11 is 0. The number of anilines is 1. The summed E-state index contributed by atoms with van der Waals surface area (Å²) in [6.45, 7) is 5.00. The quantitative estimate of drug-likeness (QED) is 0.547. The van der Waals surface area contributed by atoms with Gasteiger partial charge in [0.2, 0.25) is 0 Å². The summed E-state index contributed by atoms with van der Waals surface area (Å²) in [7, 11) is 3.25. The summed E-state index contributed by atoms with van der Waals surface area (Å²) in [5.74, 6) is 2.83. The van der Waals surface area contributed by atoms with Crippen molar-refractivity contribution in [2.45, 2.75) is 6.92 Å². The Morgan fingerprint density at radius 1 is 0.909 bits per heavy atom. The normalized spacial score (nSPS) is 13.5. The Bertz CT molecular complexity index is 1100. The summed E-state index contributed by atoms with van der Waals surface area (Å²) in [6.07, 6.45) is 0. The molecule has 2 heterocycles. The minimum Gasteiger partial charge on any atom is -0.497 e. The molecule has 8 nitrogen and oxygen atoms in total. The molecule has 0 bridgehead atoms. The van der Waals surface area contributed by atoms with Gasteiger partial charge in [-0.1, -0.05) is 12.1 Å². The van der Waals surface area contributed by atoms with Gasteiger partial charge in [0.25, 0.3) is 5.91 Å². The number of nitrogens with zero attached hydrogens (tertiary/aromatic N) is 4. The molecule has 0 aliphatic carbocycles. The number of aromatic nitrogens is 2. The van der Waals surface area contributed by atoms with Gasteiger partial charge in [0.1, 0.15) is 17.2 Å². The first-order valence-corrected chi connectivity index (χ1v) is 11.0. The van der Waals surface area contributed by atoms with E-state index in [1.54, 1.807) is 14.2 Å². The fraction of sp³-hybridized carbons (Fsp3) is 0.320. The zero-order valence-electron chi connectivity index (χ0n) is 19.2. The van der Waals surface area contributed by atoms with Crippen LogP contribution in [0, 0.1) is 0 Å². The van der Waals surface area contributed by atoms with Crippen molar-refractivity contribution in [3.05, 3.63) is 60.2 Å². The van der Waals surface area contributed by atoms with Crippen LogP contribution in [-0.4, -0.2) is 68.0 Å². The van der Waals surface area contributed by atoms with Crippen LogP contribution in [0.1, 0.15) is 17.3 Å². The van der Waals surface area contributed by atoms with E-state index < -0.39 is 0 Å². The molecule has 0 atom stereocenters. The van der Waals surface area contributed by atoms with Crippen molar-refractivity contribution in [1.82, 2.24) is 15.1 Å². The van der Waals surface area contributed by atoms with E-state index in [0.717, 1.165) is 17.1 Å². The average Bonchev–Trinajstić information content (AvgIpc) is 2.88. The van der Waals surface area contributed by atoms with Crippen molar-refractivity contribution in [2.24, 2.45) is 0 Å². The molecule has 1 aliphatic heterocycles. The minimum atomic E-state index is -0.00903. The number of ether oxygens (including phenoxy) is 3. The Balaban J connectivity index is 1.43. The van der Waals surface area contributed by atoms with Crippen LogP contribution in [0.3, 0.4) is 0 Å². The SMILES string of the molecule is CCOc1ccccc1C(=O)N1CCN(c2ccc(-c3cc(OC)ccc3OC)nn2)CC1. The van der Waals surface area contributed by atoms with Crippen molar-refractivity contribution in [3.63, 3.8) is 0 Å². The number of hydrogen-bond acceptors (Lipinski definition) is 7. The fourth-order valence-electron chi connectivity index (χ4n) is 3.89. The minimum absolute atomic E-state index is 0.00903. The van der Waals surface area contributed by atoms with E-state index in [1.807, 2.05) is 66.4 Å². The zero-order valence-corrected chi connectivity index (χ0v) is 19.2. The first-order chi connectivity index (χ1) is 16.1. The number of rotatable bonds is 7. The highest BCUT2D eigenvalue weighted by atomic mass is 16.5. The average molecular weight is 449 g/mol. The molecule has 1 aliphatic rings. The van der Waals surface area contributed by atoms with E-state index in [1.165, 1.54) is 0 Å². The Hall–Kier alpha value is -3.81. The van der Waals surface area contributed by atoms with Gasteiger partial charge >= 0.3 is 0 Å². The molecule has 3 aromatic rings. The van der Waals surface area contributed by atoms with Gasteiger partial charge < -0.3 is 24.0 Å². The second kappa shape index (κ2) is 10.2. The van der Waals surface area contributed by atoms with Crippen molar-refractivity contribution in [3.8, 4) is 28.5 Å². The van der Waals surface area contributed by atoms with E-state index in [9.17, 15) is 4.79 Å². The molecule has 2 aromatic carbocycles. The molecule has 0 unspecified atom stereocenters. The molecule has 0 spiro atoms. The summed E-state index contributed by atoms with van der Waals surface area (Å²) in [6, 6.07) is 16.8. The summed E-state index contributed by atoms with van der Waals surface area (Å²) in [5, 5.41) is 8.85. The topological polar surface area (TPSA) is 77.0 Å². The van der Waals surface area contributed by atoms with Crippen molar-refractivity contribution in [1.29, 1.82) is 0 Å². The van der Waals surface area contributed by atoms with Gasteiger partial charge in [0, 0.05) is 31.7 Å². The lowest BCUT2D eigenvalue weighted by Gasteiger charge is -2.35. The molecular weight excluding hydrogens is 420 g/mol. The maximum Gasteiger partial charge on any atom is 0.257 e. The van der Waals surface area contributed by atoms with Gasteiger partial charge in [-0.05, 0) is 49.4 Å². The molecule has 0 saturated carbocycles. The predicted octanol–water partition coefficient (Wildman–Crippen LogP) is 3.52. The van der Waals surface area contributed by atoms with Crippen LogP contribution in [0.5, 0.6) is 17.2 Å². The van der Waals surface area contributed by atoms with Gasteiger partial charge in [-0.2, -0.15) is 0 Å². The maximum atomic E-state index is 13.0. The molecule has 1 amide bonds. The highest BCUT2D eigenvalue weighted by Crippen LogP contribution is 2.32. The van der Waals surface area contributed by atoms with Crippen LogP contribution in [0.2, 0.25) is 0 Å². The van der Waals surface area contributed by atoms with Crippen LogP contribution in [0.4, 0.5) is 5.82 Å². The van der Waals surface area contributed by atoms with E-state index in [4.69, 9.17) is 14.2 Å². The molecule has 0 N–H and O–H groups in total. The summed E-state index contributed by atoms with van der Waals surface area (Å²) < 4.78 is 16.4. The molecule has 0 radical (unpaired) electrons. The van der Waals surface area contributed by atoms with E-state index >= 15 is 0 Å². The number of benzene rings is 2. The van der Waals surface area contributed by atoms with E-state index in [2.05, 4.69) is 15.1 Å². The third-order valence-electron chi connectivity index (χ3n) is 5.64. The number of carbonyl (C=O) groups is 1. The molecular formula is C25H28N4O4. The molecule has 1 aromatic heterocycles. The monoisotopic (exact) mass is 448 g/mol. The van der Waals surface area contributed by atoms with Crippen LogP contribution < -0.4 is 19.1 Å². The Kier molecular flexibility index (Phi) is 6.92. The second-order valence-corrected chi connectivity index (χ2v) is 7.55. The number of para-hydroxylation sites is 1. The molecule has 4 rings (SSSR count). The Morgan fingerprint density at radius 2 is 1.70 bits per heavy atom. The summed E-state index contributed by atoms with van der Waals surface area (Å²) in [5.41, 5.74) is 2.12. The maximum absolute atomic E-state index is 13.0. The van der Waals surface area contributed by atoms with Crippen molar-refractivity contribution in [2.75, 3.05) is 51.9 Å². The molecule has 172 valence electrons. The van der Waals surface area contributed by atoms with Crippen LogP contribution in [-0.2, 0) is 0 Å². The fourth-order valence-corrected chi connectivity index (χ4v) is 3.89. The highest BCUT2D eigenvalue weighted by Gasteiger charge is 2.25. The number of carbonyl (C=O) groups excluding carboxylic acids is 1. The first kappa shape index (κ1) is 22.4. The lowest BCUT2D eigenvalue weighted by molar-refractivity contribution is 0.0742. The standard InChI is InChI=1S/C25H28N4O4/c1-4-33-23-8-6-5-7-19(23)25(30)29-15-13-28(14-16-29)24-12-10-21(26-27-24)20-17-18(31-2)9-11-22(20)32-3/h5-12,17H,4,13-16H2,1-3H3. The highest BCUT2D eigenvalue weighted by molar-refractivity contribution is 5.97. The van der Waals surface area contributed by atoms with Gasteiger partial charge in [-0.15, -0.1) is 10.2 Å². The van der Waals surface area contributed by atoms with Gasteiger partial charge in [0.15, 0.2) is 5.82 Å². The van der Waals surface area contributed by atoms with Crippen LogP contribution in [0.15, 0.2) is 54.6 Å². The lowest BCUT2D eigenvalue weighted by Crippen LogP contribution is -2.49. The van der Waals surface area contributed by atoms with Crippen molar-refractivity contribution >= 4 is 11.7 Å². The molecule has 8 heteroatoms. The largest absolute Gasteiger partial charge is 0.497 e. The Labute approximate surface area is 193 Å². The molecule has 1 fully saturated rings. The number of hydrogen-bond donors (Lipinski definition) is 0. The van der Waals surface area contributed by atoms with Crippen molar-refractivity contribution < 1.29 is 19.0 Å². The van der Waals surface area contributed by atoms with Crippen LogP contribution in [0.25, 0.3) is 11.3 Å². The van der Waals surface area contributed by atoms with Crippen LogP contribution >= 0.6 is 0 Å². The van der Waals surface area contributed by atoms with E-state index in [0.29, 0.717) is 55.5 Å². The number of methoxy groups -OCH3 is 2. The molecule has 1 saturated heterocycles. The second-order valence-electron chi connectivity index (χ2n) is 7.55. The molecule has 33 heavy (non-hydrogen) atoms. The van der Waals surface area contributed by atoms with Gasteiger partial charge in [0.05, 0.1) is 32.1 Å². The van der Waals surface area contributed by atoms with E-state index in [-0.39, 0.29) is 5.91 Å². The Morgan fingerprint density at radius 3 is 2.36 bits per heavy atom. The zero-order chi connectivity index (χ0) is 23.2. The third-order valence-corrected chi connectivity index (χ3v) is 5.64. The predicted molar refractivity (Wildman–Crippen MR) is 126 cm³/mol. The number of amides is 1. The van der Waals surface area contributed by atoms with Gasteiger partial charge in [-0.25, -0.2) is 0 Å². The third kappa shape index (κ3) is 4.84. The van der Waals surface area contributed by atoms with Gasteiger partial charge in [-0.3, -0.25) is 4.79 Å². The lowest BCUT2D eigenvalue weighted by atomic mass is 10.1. The first-order valence-electron chi connectivity index (χ1n) is 11.0. The smallest absolute Gasteiger partial charge is 0.257 e.